The van der Waals surface area contributed by atoms with Crippen LogP contribution in [-0.2, 0) is 0 Å². The van der Waals surface area contributed by atoms with E-state index in [0.29, 0.717) is 0 Å². The molecule has 0 fully saturated rings. The fourth-order valence-corrected chi connectivity index (χ4v) is 3.18. The molecule has 2 aromatic carbocycles. The van der Waals surface area contributed by atoms with Crippen LogP contribution in [0.15, 0.2) is 73.1 Å². The van der Waals surface area contributed by atoms with Crippen molar-refractivity contribution < 1.29 is 0 Å². The number of aromatic amines is 1. The largest absolute Gasteiger partial charge is 0.351 e. The summed E-state index contributed by atoms with van der Waals surface area (Å²) in [5.74, 6) is 0. The van der Waals surface area contributed by atoms with E-state index in [4.69, 9.17) is 0 Å². The Morgan fingerprint density at radius 3 is 2.55 bits per heavy atom. The van der Waals surface area contributed by atoms with Gasteiger partial charge in [-0.15, -0.1) is 0 Å². The van der Waals surface area contributed by atoms with Crippen molar-refractivity contribution in [3.63, 3.8) is 0 Å². The van der Waals surface area contributed by atoms with E-state index in [1.807, 2.05) is 12.3 Å². The second-order valence-corrected chi connectivity index (χ2v) is 5.48. The zero-order valence-corrected chi connectivity index (χ0v) is 11.8. The van der Waals surface area contributed by atoms with Crippen molar-refractivity contribution in [3.05, 3.63) is 73.1 Å². The van der Waals surface area contributed by atoms with Crippen molar-refractivity contribution in [2.75, 3.05) is 0 Å². The van der Waals surface area contributed by atoms with Crippen LogP contribution in [0.5, 0.6) is 0 Å². The number of hydrogen-bond acceptors (Lipinski definition) is 1. The van der Waals surface area contributed by atoms with Crippen LogP contribution in [0.2, 0.25) is 0 Å². The molecule has 3 heteroatoms. The smallest absolute Gasteiger partial charge is 0.161 e. The zero-order valence-electron chi connectivity index (χ0n) is 11.8. The zero-order chi connectivity index (χ0) is 14.5. The monoisotopic (exact) mass is 283 g/mol. The van der Waals surface area contributed by atoms with Crippen LogP contribution >= 0.6 is 0 Å². The van der Waals surface area contributed by atoms with Crippen LogP contribution in [0.25, 0.3) is 38.7 Å². The van der Waals surface area contributed by atoms with E-state index in [0.717, 1.165) is 22.4 Å². The fraction of sp³-hybridized carbons (Fsp3) is 0. The van der Waals surface area contributed by atoms with Gasteiger partial charge in [0.1, 0.15) is 0 Å². The number of aromatic nitrogens is 3. The van der Waals surface area contributed by atoms with Gasteiger partial charge in [-0.25, -0.2) is 4.98 Å². The number of H-pyrrole nitrogens is 1. The molecule has 5 aromatic rings. The molecule has 0 spiro atoms. The molecule has 0 unspecified atom stereocenters. The normalized spacial score (nSPS) is 11.6. The minimum atomic E-state index is 0.965. The van der Waals surface area contributed by atoms with Gasteiger partial charge in [0.05, 0.1) is 17.4 Å². The van der Waals surface area contributed by atoms with E-state index in [9.17, 15) is 0 Å². The Morgan fingerprint density at radius 2 is 1.64 bits per heavy atom. The van der Waals surface area contributed by atoms with E-state index < -0.39 is 0 Å². The van der Waals surface area contributed by atoms with E-state index >= 15 is 0 Å². The molecule has 0 atom stereocenters. The highest BCUT2D eigenvalue weighted by Crippen LogP contribution is 2.30. The summed E-state index contributed by atoms with van der Waals surface area (Å²) in [6, 6.07) is 20.9. The van der Waals surface area contributed by atoms with Gasteiger partial charge in [-0.2, -0.15) is 0 Å². The fourth-order valence-electron chi connectivity index (χ4n) is 3.18. The number of nitrogens with zero attached hydrogens (tertiary/aromatic N) is 2. The topological polar surface area (TPSA) is 33.1 Å². The number of para-hydroxylation sites is 1. The second kappa shape index (κ2) is 4.21. The van der Waals surface area contributed by atoms with Gasteiger partial charge in [0.15, 0.2) is 5.65 Å². The first-order valence-electron chi connectivity index (χ1n) is 7.34. The van der Waals surface area contributed by atoms with E-state index in [1.54, 1.807) is 0 Å². The summed E-state index contributed by atoms with van der Waals surface area (Å²) in [6.45, 7) is 0. The van der Waals surface area contributed by atoms with Crippen molar-refractivity contribution in [2.45, 2.75) is 0 Å². The molecule has 0 bridgehead atoms. The van der Waals surface area contributed by atoms with E-state index in [-0.39, 0.29) is 0 Å². The van der Waals surface area contributed by atoms with Gasteiger partial charge in [-0.1, -0.05) is 48.5 Å². The molecule has 0 amide bonds. The Morgan fingerprint density at radius 1 is 0.818 bits per heavy atom. The highest BCUT2D eigenvalue weighted by molar-refractivity contribution is 6.11. The molecular weight excluding hydrogens is 270 g/mol. The number of benzene rings is 2. The minimum Gasteiger partial charge on any atom is -0.351 e. The lowest BCUT2D eigenvalue weighted by Crippen LogP contribution is -1.88. The summed E-state index contributed by atoms with van der Waals surface area (Å²) >= 11 is 0. The summed E-state index contributed by atoms with van der Waals surface area (Å²) in [6.07, 6.45) is 4.04. The van der Waals surface area contributed by atoms with Gasteiger partial charge in [0, 0.05) is 28.0 Å². The quantitative estimate of drug-likeness (QED) is 0.478. The molecule has 1 N–H and O–H groups in total. The molecular formula is C19H13N3. The lowest BCUT2D eigenvalue weighted by atomic mass is 10.1. The number of fused-ring (bicyclic) bond motifs is 5. The molecule has 0 aliphatic heterocycles. The van der Waals surface area contributed by atoms with Crippen LogP contribution in [0.4, 0.5) is 0 Å². The molecule has 3 heterocycles. The van der Waals surface area contributed by atoms with Gasteiger partial charge in [-0.05, 0) is 12.1 Å². The van der Waals surface area contributed by atoms with Gasteiger partial charge >= 0.3 is 0 Å². The van der Waals surface area contributed by atoms with Crippen LogP contribution in [-0.4, -0.2) is 14.4 Å². The van der Waals surface area contributed by atoms with Crippen molar-refractivity contribution in [2.24, 2.45) is 0 Å². The molecule has 0 aliphatic carbocycles. The van der Waals surface area contributed by atoms with Gasteiger partial charge < -0.3 is 4.98 Å². The number of pyridine rings is 1. The third kappa shape index (κ3) is 1.48. The Labute approximate surface area is 126 Å². The Balaban J connectivity index is 1.89. The standard InChI is InChI=1S/C19H13N3/c1-2-6-13(7-3-1)17-12-20-19-18-15(10-11-22(17)19)14-8-4-5-9-16(14)21-18/h1-12,21H. The summed E-state index contributed by atoms with van der Waals surface area (Å²) in [7, 11) is 0. The average molecular weight is 283 g/mol. The lowest BCUT2D eigenvalue weighted by molar-refractivity contribution is 1.20. The molecule has 5 rings (SSSR count). The maximum Gasteiger partial charge on any atom is 0.161 e. The van der Waals surface area contributed by atoms with Crippen LogP contribution < -0.4 is 0 Å². The van der Waals surface area contributed by atoms with Crippen molar-refractivity contribution >= 4 is 27.5 Å². The minimum absolute atomic E-state index is 0.965. The maximum absolute atomic E-state index is 4.65. The summed E-state index contributed by atoms with van der Waals surface area (Å²) in [5.41, 5.74) is 5.48. The first kappa shape index (κ1) is 11.6. The van der Waals surface area contributed by atoms with Crippen molar-refractivity contribution in [3.8, 4) is 11.3 Å². The predicted molar refractivity (Wildman–Crippen MR) is 90.0 cm³/mol. The molecule has 22 heavy (non-hydrogen) atoms. The second-order valence-electron chi connectivity index (χ2n) is 5.48. The lowest BCUT2D eigenvalue weighted by Gasteiger charge is -2.02. The van der Waals surface area contributed by atoms with Gasteiger partial charge in [-0.3, -0.25) is 4.40 Å². The number of rotatable bonds is 1. The third-order valence-corrected chi connectivity index (χ3v) is 4.23. The van der Waals surface area contributed by atoms with Gasteiger partial charge in [0.2, 0.25) is 0 Å². The molecule has 104 valence electrons. The summed E-state index contributed by atoms with van der Waals surface area (Å²) in [5, 5.41) is 2.46. The van der Waals surface area contributed by atoms with E-state index in [1.165, 1.54) is 16.3 Å². The Hall–Kier alpha value is -3.07. The molecule has 0 saturated heterocycles. The summed E-state index contributed by atoms with van der Waals surface area (Å²) in [4.78, 5) is 8.15. The predicted octanol–water partition coefficient (Wildman–Crippen LogP) is 4.64. The third-order valence-electron chi connectivity index (χ3n) is 4.23. The first-order chi connectivity index (χ1) is 10.9. The highest BCUT2D eigenvalue weighted by Gasteiger charge is 2.11. The molecule has 3 nitrogen and oxygen atoms in total. The number of hydrogen-bond donors (Lipinski definition) is 1. The molecule has 3 aromatic heterocycles. The number of imidazole rings is 1. The van der Waals surface area contributed by atoms with Crippen LogP contribution in [0.1, 0.15) is 0 Å². The van der Waals surface area contributed by atoms with Crippen molar-refractivity contribution in [1.82, 2.24) is 14.4 Å². The molecule has 0 aliphatic rings. The first-order valence-corrected chi connectivity index (χ1v) is 7.34. The Bertz CT molecular complexity index is 1120. The van der Waals surface area contributed by atoms with Crippen LogP contribution in [0.3, 0.4) is 0 Å². The maximum atomic E-state index is 4.65. The average Bonchev–Trinajstić information content (AvgIpc) is 3.16. The SMILES string of the molecule is c1ccc(-c2cnc3c4[nH]c5ccccc5c4ccn23)cc1. The summed E-state index contributed by atoms with van der Waals surface area (Å²) < 4.78 is 2.15. The number of nitrogens with one attached hydrogen (secondary N) is 1. The van der Waals surface area contributed by atoms with E-state index in [2.05, 4.69) is 75.2 Å². The molecule has 0 saturated carbocycles. The van der Waals surface area contributed by atoms with Crippen LogP contribution in [0, 0.1) is 0 Å². The molecule has 0 radical (unpaired) electrons. The highest BCUT2D eigenvalue weighted by atomic mass is 15.0. The Kier molecular flexibility index (Phi) is 2.22. The van der Waals surface area contributed by atoms with Gasteiger partial charge in [0.25, 0.3) is 0 Å². The van der Waals surface area contributed by atoms with Crippen molar-refractivity contribution in [1.29, 1.82) is 0 Å².